The number of aromatic nitrogens is 2. The third kappa shape index (κ3) is 2.53. The molecule has 0 atom stereocenters. The first-order chi connectivity index (χ1) is 9.42. The summed E-state index contributed by atoms with van der Waals surface area (Å²) in [5, 5.41) is 15.7. The van der Waals surface area contributed by atoms with Crippen LogP contribution in [0.4, 0.5) is 8.78 Å². The van der Waals surface area contributed by atoms with E-state index in [1.54, 1.807) is 14.0 Å². The number of ether oxygens (including phenoxy) is 1. The highest BCUT2D eigenvalue weighted by Crippen LogP contribution is 2.28. The highest BCUT2D eigenvalue weighted by Gasteiger charge is 2.19. The molecule has 0 spiro atoms. The summed E-state index contributed by atoms with van der Waals surface area (Å²) >= 11 is 0. The summed E-state index contributed by atoms with van der Waals surface area (Å²) in [5.41, 5.74) is 6.24. The Balaban J connectivity index is 2.48. The molecule has 20 heavy (non-hydrogen) atoms. The predicted molar refractivity (Wildman–Crippen MR) is 66.9 cm³/mol. The molecule has 0 fully saturated rings. The van der Waals surface area contributed by atoms with E-state index in [9.17, 15) is 8.78 Å². The molecule has 0 radical (unpaired) electrons. The molecule has 6 nitrogen and oxygen atoms in total. The van der Waals surface area contributed by atoms with E-state index in [1.165, 1.54) is 4.68 Å². The van der Waals surface area contributed by atoms with E-state index in [0.717, 1.165) is 18.2 Å². The number of aryl methyl sites for hydroxylation is 2. The van der Waals surface area contributed by atoms with Gasteiger partial charge in [0.05, 0.1) is 5.69 Å². The lowest BCUT2D eigenvalue weighted by Gasteiger charge is -2.08. The van der Waals surface area contributed by atoms with Crippen LogP contribution in [0.3, 0.4) is 0 Å². The van der Waals surface area contributed by atoms with Gasteiger partial charge in [-0.3, -0.25) is 0 Å². The van der Waals surface area contributed by atoms with Crippen LogP contribution < -0.4 is 10.5 Å². The van der Waals surface area contributed by atoms with E-state index in [0.29, 0.717) is 5.69 Å². The third-order valence-electron chi connectivity index (χ3n) is 2.58. The molecule has 0 bridgehead atoms. The first kappa shape index (κ1) is 13.8. The summed E-state index contributed by atoms with van der Waals surface area (Å²) in [6.07, 6.45) is 0. The average molecular weight is 282 g/mol. The fourth-order valence-corrected chi connectivity index (χ4v) is 1.80. The molecule has 0 amide bonds. The number of nitrogens with zero attached hydrogens (tertiary/aromatic N) is 3. The van der Waals surface area contributed by atoms with Crippen molar-refractivity contribution in [1.29, 1.82) is 0 Å². The molecule has 2 rings (SSSR count). The second-order valence-electron chi connectivity index (χ2n) is 4.08. The number of benzene rings is 1. The number of amidine groups is 1. The summed E-state index contributed by atoms with van der Waals surface area (Å²) in [7, 11) is 1.56. The van der Waals surface area contributed by atoms with Crippen molar-refractivity contribution in [3.05, 3.63) is 41.1 Å². The van der Waals surface area contributed by atoms with Crippen LogP contribution >= 0.6 is 0 Å². The molecule has 8 heteroatoms. The first-order valence-electron chi connectivity index (χ1n) is 5.57. The molecule has 0 saturated carbocycles. The second kappa shape index (κ2) is 5.16. The molecule has 2 aromatic rings. The van der Waals surface area contributed by atoms with Gasteiger partial charge in [-0.05, 0) is 6.92 Å². The largest absolute Gasteiger partial charge is 0.438 e. The van der Waals surface area contributed by atoms with Crippen LogP contribution in [0.5, 0.6) is 11.6 Å². The zero-order valence-electron chi connectivity index (χ0n) is 10.8. The fourth-order valence-electron chi connectivity index (χ4n) is 1.80. The summed E-state index contributed by atoms with van der Waals surface area (Å²) in [4.78, 5) is 0. The SMILES string of the molecule is Cc1nn(C)c(Oc2cc(F)cc(F)c2)c1C(N)=NO. The Hall–Kier alpha value is -2.64. The van der Waals surface area contributed by atoms with Gasteiger partial charge in [0.25, 0.3) is 0 Å². The maximum absolute atomic E-state index is 13.1. The molecular formula is C12H12F2N4O2. The van der Waals surface area contributed by atoms with Crippen molar-refractivity contribution in [2.75, 3.05) is 0 Å². The van der Waals surface area contributed by atoms with Gasteiger partial charge in [0.15, 0.2) is 5.84 Å². The van der Waals surface area contributed by atoms with Crippen LogP contribution in [0, 0.1) is 18.6 Å². The molecule has 3 N–H and O–H groups in total. The summed E-state index contributed by atoms with van der Waals surface area (Å²) in [6.45, 7) is 1.63. The molecule has 0 aliphatic rings. The number of halogens is 2. The minimum absolute atomic E-state index is 0.0579. The molecule has 0 aliphatic heterocycles. The number of hydrogen-bond acceptors (Lipinski definition) is 4. The molecule has 0 aliphatic carbocycles. The van der Waals surface area contributed by atoms with Gasteiger partial charge in [0, 0.05) is 25.2 Å². The highest BCUT2D eigenvalue weighted by atomic mass is 19.1. The maximum Gasteiger partial charge on any atom is 0.229 e. The van der Waals surface area contributed by atoms with Crippen molar-refractivity contribution in [2.45, 2.75) is 6.92 Å². The normalized spacial score (nSPS) is 11.7. The monoisotopic (exact) mass is 282 g/mol. The number of nitrogens with two attached hydrogens (primary N) is 1. The van der Waals surface area contributed by atoms with Crippen molar-refractivity contribution in [3.63, 3.8) is 0 Å². The van der Waals surface area contributed by atoms with Crippen molar-refractivity contribution in [3.8, 4) is 11.6 Å². The van der Waals surface area contributed by atoms with Gasteiger partial charge in [-0.25, -0.2) is 13.5 Å². The Bertz CT molecular complexity index is 662. The topological polar surface area (TPSA) is 85.7 Å². The van der Waals surface area contributed by atoms with E-state index in [1.807, 2.05) is 0 Å². The average Bonchev–Trinajstić information content (AvgIpc) is 2.62. The first-order valence-corrected chi connectivity index (χ1v) is 5.57. The van der Waals surface area contributed by atoms with Gasteiger partial charge in [0.2, 0.25) is 5.88 Å². The van der Waals surface area contributed by atoms with Crippen LogP contribution in [0.15, 0.2) is 23.4 Å². The van der Waals surface area contributed by atoms with E-state index >= 15 is 0 Å². The van der Waals surface area contributed by atoms with Gasteiger partial charge in [-0.1, -0.05) is 5.16 Å². The smallest absolute Gasteiger partial charge is 0.229 e. The number of oxime groups is 1. The van der Waals surface area contributed by atoms with Crippen LogP contribution in [-0.4, -0.2) is 20.8 Å². The maximum atomic E-state index is 13.1. The van der Waals surface area contributed by atoms with Gasteiger partial charge < -0.3 is 15.7 Å². The molecule has 0 unspecified atom stereocenters. The van der Waals surface area contributed by atoms with E-state index in [2.05, 4.69) is 10.3 Å². The Labute approximate surface area is 113 Å². The fraction of sp³-hybridized carbons (Fsp3) is 0.167. The van der Waals surface area contributed by atoms with Gasteiger partial charge in [-0.2, -0.15) is 5.10 Å². The highest BCUT2D eigenvalue weighted by molar-refractivity contribution is 6.00. The lowest BCUT2D eigenvalue weighted by atomic mass is 10.2. The van der Waals surface area contributed by atoms with Crippen LogP contribution in [0.2, 0.25) is 0 Å². The minimum Gasteiger partial charge on any atom is -0.438 e. The van der Waals surface area contributed by atoms with E-state index in [4.69, 9.17) is 15.7 Å². The van der Waals surface area contributed by atoms with Crippen LogP contribution in [0.25, 0.3) is 0 Å². The molecule has 1 heterocycles. The predicted octanol–water partition coefficient (Wildman–Crippen LogP) is 1.89. The van der Waals surface area contributed by atoms with Gasteiger partial charge >= 0.3 is 0 Å². The van der Waals surface area contributed by atoms with Crippen LogP contribution in [0.1, 0.15) is 11.3 Å². The minimum atomic E-state index is -0.774. The van der Waals surface area contributed by atoms with Gasteiger partial charge in [0.1, 0.15) is 22.9 Å². The van der Waals surface area contributed by atoms with Crippen molar-refractivity contribution >= 4 is 5.84 Å². The zero-order chi connectivity index (χ0) is 14.9. The molecule has 106 valence electrons. The Morgan fingerprint density at radius 2 is 1.95 bits per heavy atom. The second-order valence-corrected chi connectivity index (χ2v) is 4.08. The standard InChI is InChI=1S/C12H12F2N4O2/c1-6-10(11(15)17-19)12(18(2)16-6)20-9-4-7(13)3-8(14)5-9/h3-5,19H,1-2H3,(H2,15,17). The van der Waals surface area contributed by atoms with Crippen LogP contribution in [-0.2, 0) is 7.05 Å². The van der Waals surface area contributed by atoms with E-state index in [-0.39, 0.29) is 23.0 Å². The quantitative estimate of drug-likeness (QED) is 0.389. The van der Waals surface area contributed by atoms with Crippen molar-refractivity contribution in [1.82, 2.24) is 9.78 Å². The van der Waals surface area contributed by atoms with Gasteiger partial charge in [-0.15, -0.1) is 0 Å². The Morgan fingerprint density at radius 3 is 2.50 bits per heavy atom. The lowest BCUT2D eigenvalue weighted by molar-refractivity contribution is 0.318. The third-order valence-corrected chi connectivity index (χ3v) is 2.58. The molecular weight excluding hydrogens is 270 g/mol. The van der Waals surface area contributed by atoms with Crippen molar-refractivity contribution < 1.29 is 18.7 Å². The molecule has 0 saturated heterocycles. The molecule has 1 aromatic carbocycles. The van der Waals surface area contributed by atoms with Crippen molar-refractivity contribution in [2.24, 2.45) is 17.9 Å². The molecule has 1 aromatic heterocycles. The Morgan fingerprint density at radius 1 is 1.35 bits per heavy atom. The number of hydrogen-bond donors (Lipinski definition) is 2. The Kier molecular flexibility index (Phi) is 3.55. The number of rotatable bonds is 3. The zero-order valence-corrected chi connectivity index (χ0v) is 10.8. The summed E-state index contributed by atoms with van der Waals surface area (Å²) in [5.74, 6) is -1.70. The lowest BCUT2D eigenvalue weighted by Crippen LogP contribution is -2.15. The summed E-state index contributed by atoms with van der Waals surface area (Å²) in [6, 6.07) is 2.76. The van der Waals surface area contributed by atoms with E-state index < -0.39 is 11.6 Å². The summed E-state index contributed by atoms with van der Waals surface area (Å²) < 4.78 is 33.0.